The van der Waals surface area contributed by atoms with Gasteiger partial charge in [0.15, 0.2) is 0 Å². The number of aryl methyl sites for hydroxylation is 2. The summed E-state index contributed by atoms with van der Waals surface area (Å²) in [6.45, 7) is 2.98. The molecule has 19 heavy (non-hydrogen) atoms. The largest absolute Gasteiger partial charge is 0.480 e. The average molecular weight is 287 g/mol. The number of hydrogen-bond donors (Lipinski definition) is 3. The van der Waals surface area contributed by atoms with Crippen LogP contribution in [-0.2, 0) is 14.8 Å². The molecule has 0 aromatic heterocycles. The lowest BCUT2D eigenvalue weighted by molar-refractivity contribution is -0.139. The number of aliphatic hydroxyl groups excluding tert-OH is 1. The van der Waals surface area contributed by atoms with Gasteiger partial charge in [0.2, 0.25) is 10.0 Å². The first-order valence-electron chi connectivity index (χ1n) is 5.71. The Labute approximate surface area is 112 Å². The standard InChI is InChI=1S/C12H17NO5S/c1-8-3-4-9(2)11(7-8)19(17,18)13-10(5-6-14)12(15)16/h3-4,7,10,13-14H,5-6H2,1-2H3,(H,15,16). The van der Waals surface area contributed by atoms with Crippen LogP contribution in [0.5, 0.6) is 0 Å². The predicted molar refractivity (Wildman–Crippen MR) is 69.4 cm³/mol. The van der Waals surface area contributed by atoms with Crippen LogP contribution in [0.1, 0.15) is 17.5 Å². The van der Waals surface area contributed by atoms with Crippen LogP contribution < -0.4 is 4.72 Å². The van der Waals surface area contributed by atoms with Crippen molar-refractivity contribution in [1.82, 2.24) is 4.72 Å². The van der Waals surface area contributed by atoms with Crippen molar-refractivity contribution in [1.29, 1.82) is 0 Å². The van der Waals surface area contributed by atoms with Gasteiger partial charge in [-0.2, -0.15) is 4.72 Å². The molecule has 7 heteroatoms. The quantitative estimate of drug-likeness (QED) is 0.703. The zero-order valence-electron chi connectivity index (χ0n) is 10.8. The van der Waals surface area contributed by atoms with Gasteiger partial charge in [0.1, 0.15) is 6.04 Å². The molecular weight excluding hydrogens is 270 g/mol. The van der Waals surface area contributed by atoms with Gasteiger partial charge in [-0.1, -0.05) is 12.1 Å². The number of sulfonamides is 1. The summed E-state index contributed by atoms with van der Waals surface area (Å²) < 4.78 is 26.4. The van der Waals surface area contributed by atoms with Gasteiger partial charge in [-0.3, -0.25) is 4.79 Å². The Morgan fingerprint density at radius 3 is 2.53 bits per heavy atom. The molecule has 0 aliphatic carbocycles. The predicted octanol–water partition coefficient (Wildman–Crippen LogP) is 0.417. The first-order valence-corrected chi connectivity index (χ1v) is 7.19. The molecule has 0 spiro atoms. The highest BCUT2D eigenvalue weighted by Gasteiger charge is 2.26. The van der Waals surface area contributed by atoms with Crippen molar-refractivity contribution in [2.45, 2.75) is 31.2 Å². The SMILES string of the molecule is Cc1ccc(C)c(S(=O)(=O)NC(CCO)C(=O)O)c1. The zero-order valence-corrected chi connectivity index (χ0v) is 11.6. The molecule has 1 atom stereocenters. The van der Waals surface area contributed by atoms with Crippen molar-refractivity contribution < 1.29 is 23.4 Å². The molecule has 0 aliphatic heterocycles. The molecule has 0 fully saturated rings. The van der Waals surface area contributed by atoms with E-state index in [-0.39, 0.29) is 11.3 Å². The van der Waals surface area contributed by atoms with E-state index in [0.717, 1.165) is 5.56 Å². The summed E-state index contributed by atoms with van der Waals surface area (Å²) in [5.41, 5.74) is 1.30. The third kappa shape index (κ3) is 4.02. The van der Waals surface area contributed by atoms with E-state index in [2.05, 4.69) is 4.72 Å². The van der Waals surface area contributed by atoms with E-state index in [9.17, 15) is 13.2 Å². The Bertz CT molecular complexity index is 567. The fourth-order valence-corrected chi connectivity index (χ4v) is 3.16. The minimum atomic E-state index is -3.92. The number of aliphatic carboxylic acids is 1. The molecule has 0 radical (unpaired) electrons. The maximum absolute atomic E-state index is 12.1. The summed E-state index contributed by atoms with van der Waals surface area (Å²) in [5, 5.41) is 17.7. The molecule has 0 saturated heterocycles. The monoisotopic (exact) mass is 287 g/mol. The molecule has 1 aromatic carbocycles. The summed E-state index contributed by atoms with van der Waals surface area (Å²) >= 11 is 0. The first kappa shape index (κ1) is 15.6. The summed E-state index contributed by atoms with van der Waals surface area (Å²) in [6, 6.07) is 3.58. The third-order valence-electron chi connectivity index (χ3n) is 2.65. The van der Waals surface area contributed by atoms with E-state index in [1.165, 1.54) is 6.07 Å². The molecular formula is C12H17NO5S. The number of rotatable bonds is 6. The molecule has 3 N–H and O–H groups in total. The number of hydrogen-bond acceptors (Lipinski definition) is 4. The van der Waals surface area contributed by atoms with Crippen LogP contribution in [0.2, 0.25) is 0 Å². The van der Waals surface area contributed by atoms with E-state index >= 15 is 0 Å². The Kier molecular flexibility index (Phi) is 5.04. The van der Waals surface area contributed by atoms with Crippen LogP contribution in [0.4, 0.5) is 0 Å². The van der Waals surface area contributed by atoms with Gasteiger partial charge in [-0.05, 0) is 37.5 Å². The van der Waals surface area contributed by atoms with E-state index < -0.39 is 28.6 Å². The highest BCUT2D eigenvalue weighted by molar-refractivity contribution is 7.89. The van der Waals surface area contributed by atoms with Crippen LogP contribution in [0.15, 0.2) is 23.1 Å². The summed E-state index contributed by atoms with van der Waals surface area (Å²) in [5.74, 6) is -1.32. The van der Waals surface area contributed by atoms with E-state index in [0.29, 0.717) is 5.56 Å². The van der Waals surface area contributed by atoms with Gasteiger partial charge in [0, 0.05) is 6.61 Å². The minimum Gasteiger partial charge on any atom is -0.480 e. The highest BCUT2D eigenvalue weighted by atomic mass is 32.2. The second-order valence-electron chi connectivity index (χ2n) is 4.29. The maximum atomic E-state index is 12.1. The van der Waals surface area contributed by atoms with Crippen molar-refractivity contribution in [3.63, 3.8) is 0 Å². The smallest absolute Gasteiger partial charge is 0.321 e. The summed E-state index contributed by atoms with van der Waals surface area (Å²) in [4.78, 5) is 11.0. The van der Waals surface area contributed by atoms with Gasteiger partial charge >= 0.3 is 5.97 Å². The van der Waals surface area contributed by atoms with E-state index in [1.54, 1.807) is 26.0 Å². The Morgan fingerprint density at radius 1 is 1.37 bits per heavy atom. The van der Waals surface area contributed by atoms with Crippen LogP contribution in [0.3, 0.4) is 0 Å². The van der Waals surface area contributed by atoms with Gasteiger partial charge in [-0.25, -0.2) is 8.42 Å². The van der Waals surface area contributed by atoms with Gasteiger partial charge < -0.3 is 10.2 Å². The molecule has 6 nitrogen and oxygen atoms in total. The molecule has 0 saturated carbocycles. The highest BCUT2D eigenvalue weighted by Crippen LogP contribution is 2.17. The van der Waals surface area contributed by atoms with Gasteiger partial charge in [0.25, 0.3) is 0 Å². The summed E-state index contributed by atoms with van der Waals surface area (Å²) in [6.07, 6.45) is -0.181. The van der Waals surface area contributed by atoms with Crippen LogP contribution in [0.25, 0.3) is 0 Å². The number of nitrogens with one attached hydrogen (secondary N) is 1. The topological polar surface area (TPSA) is 104 Å². The van der Waals surface area contributed by atoms with E-state index in [4.69, 9.17) is 10.2 Å². The lowest BCUT2D eigenvalue weighted by Crippen LogP contribution is -2.41. The normalized spacial score (nSPS) is 13.2. The molecule has 0 bridgehead atoms. The van der Waals surface area contributed by atoms with Crippen molar-refractivity contribution in [3.8, 4) is 0 Å². The molecule has 106 valence electrons. The molecule has 0 amide bonds. The number of aliphatic hydroxyl groups is 1. The van der Waals surface area contributed by atoms with Crippen LogP contribution >= 0.6 is 0 Å². The van der Waals surface area contributed by atoms with Crippen molar-refractivity contribution in [2.75, 3.05) is 6.61 Å². The molecule has 0 heterocycles. The maximum Gasteiger partial charge on any atom is 0.321 e. The molecule has 1 rings (SSSR count). The van der Waals surface area contributed by atoms with E-state index in [1.807, 2.05) is 0 Å². The lowest BCUT2D eigenvalue weighted by atomic mass is 10.2. The number of carboxylic acids is 1. The second-order valence-corrected chi connectivity index (χ2v) is 5.98. The lowest BCUT2D eigenvalue weighted by Gasteiger charge is -2.15. The Hall–Kier alpha value is -1.44. The molecule has 1 unspecified atom stereocenters. The van der Waals surface area contributed by atoms with Gasteiger partial charge in [0.05, 0.1) is 4.90 Å². The Morgan fingerprint density at radius 2 is 2.00 bits per heavy atom. The van der Waals surface area contributed by atoms with Gasteiger partial charge in [-0.15, -0.1) is 0 Å². The molecule has 1 aromatic rings. The Balaban J connectivity index is 3.10. The van der Waals surface area contributed by atoms with Crippen LogP contribution in [-0.4, -0.2) is 37.2 Å². The number of carboxylic acid groups (broad SMARTS) is 1. The first-order chi connectivity index (χ1) is 8.77. The fraction of sp³-hybridized carbons (Fsp3) is 0.417. The minimum absolute atomic E-state index is 0.0525. The second kappa shape index (κ2) is 6.14. The summed E-state index contributed by atoms with van der Waals surface area (Å²) in [7, 11) is -3.92. The van der Waals surface area contributed by atoms with Crippen molar-refractivity contribution in [2.24, 2.45) is 0 Å². The number of benzene rings is 1. The van der Waals surface area contributed by atoms with Crippen molar-refractivity contribution >= 4 is 16.0 Å². The fourth-order valence-electron chi connectivity index (χ4n) is 1.61. The van der Waals surface area contributed by atoms with Crippen LogP contribution in [0, 0.1) is 13.8 Å². The third-order valence-corrected chi connectivity index (χ3v) is 4.26. The average Bonchev–Trinajstić information content (AvgIpc) is 2.31. The zero-order chi connectivity index (χ0) is 14.6. The molecule has 0 aliphatic rings. The van der Waals surface area contributed by atoms with Crippen molar-refractivity contribution in [3.05, 3.63) is 29.3 Å². The number of carbonyl (C=O) groups is 1.